The third kappa shape index (κ3) is 2.98. The number of hydrogen-bond donors (Lipinski definition) is 1. The largest absolute Gasteiger partial charge is 0.378 e. The Bertz CT molecular complexity index is 773. The predicted octanol–water partition coefficient (Wildman–Crippen LogP) is 2.32. The quantitative estimate of drug-likeness (QED) is 0.854. The summed E-state index contributed by atoms with van der Waals surface area (Å²) in [6.45, 7) is 7.14. The van der Waals surface area contributed by atoms with Crippen molar-refractivity contribution in [2.45, 2.75) is 19.4 Å². The lowest BCUT2D eigenvalue weighted by atomic mass is 10.1. The number of aryl methyl sites for hydroxylation is 1. The first-order chi connectivity index (χ1) is 11.6. The number of nitrogens with zero attached hydrogens (tertiary/aromatic N) is 2. The van der Waals surface area contributed by atoms with Crippen molar-refractivity contribution in [1.29, 1.82) is 0 Å². The number of H-pyrrole nitrogens is 1. The number of fused-ring (bicyclic) bond motifs is 2. The molecule has 1 amide bonds. The van der Waals surface area contributed by atoms with E-state index >= 15 is 0 Å². The van der Waals surface area contributed by atoms with E-state index in [0.29, 0.717) is 12.5 Å². The van der Waals surface area contributed by atoms with E-state index in [1.807, 2.05) is 17.9 Å². The number of hydrogen-bond acceptors (Lipinski definition) is 3. The van der Waals surface area contributed by atoms with Crippen molar-refractivity contribution in [3.8, 4) is 0 Å². The van der Waals surface area contributed by atoms with Gasteiger partial charge in [0.25, 0.3) is 0 Å². The van der Waals surface area contributed by atoms with Gasteiger partial charge in [-0.15, -0.1) is 0 Å². The zero-order chi connectivity index (χ0) is 16.7. The number of aromatic nitrogens is 1. The summed E-state index contributed by atoms with van der Waals surface area (Å²) in [5.74, 6) is 0.212. The van der Waals surface area contributed by atoms with Crippen LogP contribution in [-0.4, -0.2) is 66.1 Å². The number of piperazine rings is 1. The van der Waals surface area contributed by atoms with Crippen molar-refractivity contribution in [1.82, 2.24) is 14.8 Å². The summed E-state index contributed by atoms with van der Waals surface area (Å²) in [6.07, 6.45) is 0.454. The van der Waals surface area contributed by atoms with Gasteiger partial charge in [0.15, 0.2) is 0 Å². The molecule has 0 radical (unpaired) electrons. The van der Waals surface area contributed by atoms with Crippen molar-refractivity contribution >= 4 is 32.7 Å². The van der Waals surface area contributed by atoms with E-state index in [-0.39, 0.29) is 5.91 Å². The van der Waals surface area contributed by atoms with Crippen LogP contribution >= 0.6 is 15.9 Å². The highest BCUT2D eigenvalue weighted by molar-refractivity contribution is 9.10. The van der Waals surface area contributed by atoms with E-state index < -0.39 is 0 Å². The summed E-state index contributed by atoms with van der Waals surface area (Å²) in [6, 6.07) is 6.52. The Hall–Kier alpha value is -1.37. The molecule has 2 aliphatic rings. The van der Waals surface area contributed by atoms with E-state index in [1.54, 1.807) is 0 Å². The highest BCUT2D eigenvalue weighted by Gasteiger charge is 2.31. The fraction of sp³-hybridized carbons (Fsp3) is 0.500. The van der Waals surface area contributed by atoms with Gasteiger partial charge in [-0.25, -0.2) is 0 Å². The van der Waals surface area contributed by atoms with Crippen LogP contribution in [0.2, 0.25) is 0 Å². The van der Waals surface area contributed by atoms with Crippen LogP contribution in [-0.2, 0) is 16.0 Å². The number of carbonyl (C=O) groups is 1. The van der Waals surface area contributed by atoms with E-state index in [2.05, 4.69) is 37.9 Å². The topological polar surface area (TPSA) is 48.6 Å². The van der Waals surface area contributed by atoms with Crippen molar-refractivity contribution in [3.05, 3.63) is 33.9 Å². The number of ether oxygens (including phenoxy) is 1. The van der Waals surface area contributed by atoms with Gasteiger partial charge in [-0.05, 0) is 30.7 Å². The zero-order valence-corrected chi connectivity index (χ0v) is 15.4. The lowest BCUT2D eigenvalue weighted by Crippen LogP contribution is -2.59. The molecule has 2 aliphatic heterocycles. The Morgan fingerprint density at radius 2 is 2.25 bits per heavy atom. The van der Waals surface area contributed by atoms with Crippen LogP contribution < -0.4 is 0 Å². The van der Waals surface area contributed by atoms with Gasteiger partial charge in [-0.1, -0.05) is 15.9 Å². The van der Waals surface area contributed by atoms with Crippen LogP contribution in [0.4, 0.5) is 0 Å². The maximum atomic E-state index is 12.9. The lowest BCUT2D eigenvalue weighted by Gasteiger charge is -2.43. The Labute approximate surface area is 150 Å². The highest BCUT2D eigenvalue weighted by atomic mass is 79.9. The normalized spacial score (nSPS) is 21.9. The molecule has 2 fully saturated rings. The molecule has 0 saturated carbocycles. The molecule has 1 atom stereocenters. The molecular formula is C18H22BrN3O2. The average Bonchev–Trinajstić information content (AvgIpc) is 2.89. The molecule has 0 unspecified atom stereocenters. The second-order valence-corrected chi connectivity index (χ2v) is 7.62. The van der Waals surface area contributed by atoms with Gasteiger partial charge in [0.05, 0.1) is 25.7 Å². The van der Waals surface area contributed by atoms with E-state index in [9.17, 15) is 4.79 Å². The fourth-order valence-electron chi connectivity index (χ4n) is 3.82. The second kappa shape index (κ2) is 6.50. The van der Waals surface area contributed by atoms with Crippen LogP contribution in [0.3, 0.4) is 0 Å². The van der Waals surface area contributed by atoms with Crippen LogP contribution in [0.5, 0.6) is 0 Å². The van der Waals surface area contributed by atoms with Crippen LogP contribution in [0.15, 0.2) is 22.7 Å². The molecule has 5 nitrogen and oxygen atoms in total. The van der Waals surface area contributed by atoms with Gasteiger partial charge in [-0.2, -0.15) is 0 Å². The molecule has 4 rings (SSSR count). The molecule has 24 heavy (non-hydrogen) atoms. The number of aromatic amines is 1. The van der Waals surface area contributed by atoms with Crippen molar-refractivity contribution < 1.29 is 9.53 Å². The van der Waals surface area contributed by atoms with Gasteiger partial charge in [0, 0.05) is 47.2 Å². The van der Waals surface area contributed by atoms with Gasteiger partial charge in [-0.3, -0.25) is 9.69 Å². The Kier molecular flexibility index (Phi) is 4.37. The standard InChI is InChI=1S/C18H22BrN3O2/c1-12-15(16-8-13(19)2-3-17(16)20-12)9-18(23)22-5-4-21-6-7-24-11-14(21)10-22/h2-3,8,14,20H,4-7,9-11H2,1H3/t14-/m0/s1. The molecule has 6 heteroatoms. The number of halogens is 1. The molecule has 2 saturated heterocycles. The first kappa shape index (κ1) is 16.1. The minimum atomic E-state index is 0.212. The van der Waals surface area contributed by atoms with Crippen LogP contribution in [0, 0.1) is 6.92 Å². The average molecular weight is 392 g/mol. The molecular weight excluding hydrogens is 370 g/mol. The maximum Gasteiger partial charge on any atom is 0.227 e. The van der Waals surface area contributed by atoms with E-state index in [0.717, 1.165) is 66.0 Å². The van der Waals surface area contributed by atoms with Gasteiger partial charge >= 0.3 is 0 Å². The van der Waals surface area contributed by atoms with Crippen LogP contribution in [0.25, 0.3) is 10.9 Å². The number of benzene rings is 1. The SMILES string of the molecule is Cc1[nH]c2ccc(Br)cc2c1CC(=O)N1CCN2CCOC[C@@H]2C1. The summed E-state index contributed by atoms with van der Waals surface area (Å²) in [5.41, 5.74) is 3.28. The lowest BCUT2D eigenvalue weighted by molar-refractivity contribution is -0.136. The second-order valence-electron chi connectivity index (χ2n) is 6.70. The molecule has 1 N–H and O–H groups in total. The molecule has 2 aromatic rings. The van der Waals surface area contributed by atoms with Crippen molar-refractivity contribution in [3.63, 3.8) is 0 Å². The molecule has 128 valence electrons. The molecule has 1 aromatic carbocycles. The summed E-state index contributed by atoms with van der Waals surface area (Å²) >= 11 is 3.53. The van der Waals surface area contributed by atoms with Crippen molar-refractivity contribution in [2.75, 3.05) is 39.4 Å². The Balaban J connectivity index is 1.52. The number of rotatable bonds is 2. The van der Waals surface area contributed by atoms with Gasteiger partial charge < -0.3 is 14.6 Å². The number of carbonyl (C=O) groups excluding carboxylic acids is 1. The number of amides is 1. The Morgan fingerprint density at radius 1 is 1.38 bits per heavy atom. The molecule has 0 bridgehead atoms. The fourth-order valence-corrected chi connectivity index (χ4v) is 4.18. The molecule has 0 aliphatic carbocycles. The third-order valence-corrected chi connectivity index (χ3v) is 5.69. The molecule has 0 spiro atoms. The summed E-state index contributed by atoms with van der Waals surface area (Å²) in [7, 11) is 0. The summed E-state index contributed by atoms with van der Waals surface area (Å²) < 4.78 is 6.61. The van der Waals surface area contributed by atoms with E-state index in [1.165, 1.54) is 0 Å². The molecule has 1 aromatic heterocycles. The number of nitrogens with one attached hydrogen (secondary N) is 1. The first-order valence-electron chi connectivity index (χ1n) is 8.48. The summed E-state index contributed by atoms with van der Waals surface area (Å²) in [5, 5.41) is 1.13. The minimum Gasteiger partial charge on any atom is -0.378 e. The maximum absolute atomic E-state index is 12.9. The number of morpholine rings is 1. The highest BCUT2D eigenvalue weighted by Crippen LogP contribution is 2.26. The molecule has 3 heterocycles. The smallest absolute Gasteiger partial charge is 0.227 e. The minimum absolute atomic E-state index is 0.212. The summed E-state index contributed by atoms with van der Waals surface area (Å²) in [4.78, 5) is 20.7. The van der Waals surface area contributed by atoms with Crippen LogP contribution in [0.1, 0.15) is 11.3 Å². The van der Waals surface area contributed by atoms with Gasteiger partial charge in [0.2, 0.25) is 5.91 Å². The van der Waals surface area contributed by atoms with Crippen molar-refractivity contribution in [2.24, 2.45) is 0 Å². The zero-order valence-electron chi connectivity index (χ0n) is 13.8. The van der Waals surface area contributed by atoms with Gasteiger partial charge in [0.1, 0.15) is 0 Å². The van der Waals surface area contributed by atoms with E-state index in [4.69, 9.17) is 4.74 Å². The first-order valence-corrected chi connectivity index (χ1v) is 9.27. The third-order valence-electron chi connectivity index (χ3n) is 5.20. The Morgan fingerprint density at radius 3 is 3.12 bits per heavy atom. The predicted molar refractivity (Wildman–Crippen MR) is 97.2 cm³/mol. The monoisotopic (exact) mass is 391 g/mol.